The molecule has 2 rings (SSSR count). The number of phosphoric ester groups is 1. The molecule has 0 bridgehead atoms. The van der Waals surface area contributed by atoms with E-state index in [0.29, 0.717) is 19.8 Å². The van der Waals surface area contributed by atoms with E-state index in [0.717, 1.165) is 12.8 Å². The zero-order valence-corrected chi connectivity index (χ0v) is 23.0. The van der Waals surface area contributed by atoms with E-state index in [4.69, 9.17) is 13.6 Å². The van der Waals surface area contributed by atoms with E-state index in [1.54, 1.807) is 0 Å². The molecule has 1 aliphatic rings. The Hall–Kier alpha value is 0.0600. The maximum atomic E-state index is 11.8. The van der Waals surface area contributed by atoms with E-state index >= 15 is 0 Å². The van der Waals surface area contributed by atoms with Crippen LogP contribution in [-0.2, 0) is 24.6 Å². The molecule has 0 atom stereocenters. The molecule has 184 valence electrons. The number of aryl methyl sites for hydroxylation is 1. The van der Waals surface area contributed by atoms with Crippen LogP contribution in [0.5, 0.6) is 0 Å². The van der Waals surface area contributed by atoms with Gasteiger partial charge in [-0.1, -0.05) is 102 Å². The number of phosphoric acid groups is 1. The molecule has 0 spiro atoms. The van der Waals surface area contributed by atoms with Gasteiger partial charge in [-0.05, 0) is 59.5 Å². The normalized spacial score (nSPS) is 15.4. The average Bonchev–Trinajstić information content (AvgIpc) is 3.23. The summed E-state index contributed by atoms with van der Waals surface area (Å²) in [5.74, 6) is 0. The first-order valence-electron chi connectivity index (χ1n) is 13.0. The minimum atomic E-state index is -3.17. The fourth-order valence-electron chi connectivity index (χ4n) is 4.14. The third-order valence-electron chi connectivity index (χ3n) is 6.10. The van der Waals surface area contributed by atoms with E-state index in [9.17, 15) is 4.57 Å². The Balaban J connectivity index is 1.22. The predicted molar refractivity (Wildman–Crippen MR) is 142 cm³/mol. The van der Waals surface area contributed by atoms with Gasteiger partial charge in [0.1, 0.15) is 0 Å². The lowest BCUT2D eigenvalue weighted by Crippen LogP contribution is -1.93. The van der Waals surface area contributed by atoms with Gasteiger partial charge in [-0.2, -0.15) is 0 Å². The van der Waals surface area contributed by atoms with Crippen molar-refractivity contribution in [1.29, 1.82) is 0 Å². The third-order valence-corrected chi connectivity index (χ3v) is 8.32. The molecule has 0 aliphatic carbocycles. The van der Waals surface area contributed by atoms with E-state index in [2.05, 4.69) is 46.9 Å². The Morgan fingerprint density at radius 3 is 1.53 bits per heavy atom. The van der Waals surface area contributed by atoms with Gasteiger partial charge in [0, 0.05) is 3.57 Å². The van der Waals surface area contributed by atoms with Gasteiger partial charge in [0.2, 0.25) is 0 Å². The molecule has 6 heteroatoms. The number of unbranched alkanes of at least 4 members (excludes halogenated alkanes) is 15. The molecule has 1 aromatic rings. The fourth-order valence-corrected chi connectivity index (χ4v) is 5.68. The minimum Gasteiger partial charge on any atom is -0.287 e. The Bertz CT molecular complexity index is 613. The van der Waals surface area contributed by atoms with Crippen LogP contribution in [0.2, 0.25) is 0 Å². The van der Waals surface area contributed by atoms with Gasteiger partial charge in [0.05, 0.1) is 19.8 Å². The van der Waals surface area contributed by atoms with Gasteiger partial charge >= 0.3 is 7.82 Å². The molecule has 0 radical (unpaired) electrons. The summed E-state index contributed by atoms with van der Waals surface area (Å²) in [6.07, 6.45) is 22.5. The molecule has 1 aromatic carbocycles. The summed E-state index contributed by atoms with van der Waals surface area (Å²) >= 11 is 2.37. The van der Waals surface area contributed by atoms with Crippen LogP contribution in [0.4, 0.5) is 0 Å². The molecule has 1 saturated heterocycles. The lowest BCUT2D eigenvalue weighted by Gasteiger charge is -2.09. The molecule has 1 aliphatic heterocycles. The van der Waals surface area contributed by atoms with E-state index < -0.39 is 7.82 Å². The fraction of sp³-hybridized carbons (Fsp3) is 0.769. The van der Waals surface area contributed by atoms with Crippen molar-refractivity contribution in [2.24, 2.45) is 0 Å². The molecule has 0 amide bonds. The molecule has 32 heavy (non-hydrogen) atoms. The molecule has 0 saturated carbocycles. The second-order valence-electron chi connectivity index (χ2n) is 8.98. The summed E-state index contributed by atoms with van der Waals surface area (Å²) in [5, 5.41) is 0. The summed E-state index contributed by atoms with van der Waals surface area (Å²) in [5.41, 5.74) is 1.49. The van der Waals surface area contributed by atoms with Crippen molar-refractivity contribution in [3.05, 3.63) is 33.4 Å². The largest absolute Gasteiger partial charge is 0.474 e. The van der Waals surface area contributed by atoms with Crippen LogP contribution < -0.4 is 0 Å². The first kappa shape index (κ1) is 28.3. The topological polar surface area (TPSA) is 44.8 Å². The monoisotopic (exact) mass is 578 g/mol. The van der Waals surface area contributed by atoms with Crippen LogP contribution in [-0.4, -0.2) is 19.8 Å². The van der Waals surface area contributed by atoms with Gasteiger partial charge in [-0.3, -0.25) is 13.6 Å². The predicted octanol–water partition coefficient (Wildman–Crippen LogP) is 9.25. The van der Waals surface area contributed by atoms with E-state index in [-0.39, 0.29) is 0 Å². The maximum absolute atomic E-state index is 11.8. The minimum absolute atomic E-state index is 0.381. The van der Waals surface area contributed by atoms with Crippen LogP contribution in [0.1, 0.15) is 108 Å². The Kier molecular flexibility index (Phi) is 16.3. The highest BCUT2D eigenvalue weighted by Crippen LogP contribution is 2.52. The first-order valence-corrected chi connectivity index (χ1v) is 15.5. The third kappa shape index (κ3) is 14.3. The molecular weight excluding hydrogens is 534 g/mol. The highest BCUT2D eigenvalue weighted by atomic mass is 127. The number of halogens is 1. The second-order valence-corrected chi connectivity index (χ2v) is 11.9. The van der Waals surface area contributed by atoms with Crippen molar-refractivity contribution in [1.82, 2.24) is 0 Å². The number of rotatable bonds is 20. The first-order chi connectivity index (χ1) is 15.7. The number of hydrogen-bond donors (Lipinski definition) is 0. The summed E-state index contributed by atoms with van der Waals surface area (Å²) in [6.45, 7) is 1.24. The summed E-state index contributed by atoms with van der Waals surface area (Å²) in [7, 11) is -3.17. The lowest BCUT2D eigenvalue weighted by atomic mass is 10.0. The lowest BCUT2D eigenvalue weighted by molar-refractivity contribution is 0.187. The Morgan fingerprint density at radius 1 is 0.656 bits per heavy atom. The van der Waals surface area contributed by atoms with Gasteiger partial charge in [-0.15, -0.1) is 0 Å². The summed E-state index contributed by atoms with van der Waals surface area (Å²) in [6, 6.07) is 8.97. The van der Waals surface area contributed by atoms with Crippen LogP contribution in [0, 0.1) is 3.57 Å². The standard InChI is InChI=1S/C26H44IO4P/c27-26-20-18-25(19-21-26)17-15-13-11-9-7-5-3-1-2-4-6-8-10-12-14-16-22-29-32(28)30-23-24-31-32/h18-21H,1-17,22-24H2. The zero-order valence-electron chi connectivity index (χ0n) is 19.9. The van der Waals surface area contributed by atoms with Crippen LogP contribution in [0.25, 0.3) is 0 Å². The molecule has 1 fully saturated rings. The van der Waals surface area contributed by atoms with Crippen LogP contribution in [0.3, 0.4) is 0 Å². The molecular formula is C26H44IO4P. The molecule has 1 heterocycles. The van der Waals surface area contributed by atoms with Crippen molar-refractivity contribution in [2.75, 3.05) is 19.8 Å². The number of hydrogen-bond acceptors (Lipinski definition) is 4. The van der Waals surface area contributed by atoms with Crippen molar-refractivity contribution >= 4 is 30.4 Å². The van der Waals surface area contributed by atoms with Gasteiger partial charge in [0.25, 0.3) is 0 Å². The van der Waals surface area contributed by atoms with Crippen molar-refractivity contribution in [2.45, 2.75) is 109 Å². The van der Waals surface area contributed by atoms with Crippen molar-refractivity contribution in [3.8, 4) is 0 Å². The van der Waals surface area contributed by atoms with Crippen LogP contribution >= 0.6 is 30.4 Å². The number of benzene rings is 1. The van der Waals surface area contributed by atoms with E-state index in [1.807, 2.05) is 0 Å². The van der Waals surface area contributed by atoms with Gasteiger partial charge in [-0.25, -0.2) is 4.57 Å². The van der Waals surface area contributed by atoms with Gasteiger partial charge in [0.15, 0.2) is 0 Å². The molecule has 4 nitrogen and oxygen atoms in total. The molecule has 0 N–H and O–H groups in total. The van der Waals surface area contributed by atoms with Crippen LogP contribution in [0.15, 0.2) is 24.3 Å². The Labute approximate surface area is 210 Å². The smallest absolute Gasteiger partial charge is 0.287 e. The highest BCUT2D eigenvalue weighted by molar-refractivity contribution is 14.1. The van der Waals surface area contributed by atoms with Gasteiger partial charge < -0.3 is 0 Å². The van der Waals surface area contributed by atoms with E-state index in [1.165, 1.54) is 105 Å². The summed E-state index contributed by atoms with van der Waals surface area (Å²) in [4.78, 5) is 0. The zero-order chi connectivity index (χ0) is 22.7. The SMILES string of the molecule is O=P1(OCCCCCCCCCCCCCCCCCCc2ccc(I)cc2)OCCO1. The van der Waals surface area contributed by atoms with Crippen molar-refractivity contribution < 1.29 is 18.1 Å². The maximum Gasteiger partial charge on any atom is 0.474 e. The summed E-state index contributed by atoms with van der Waals surface area (Å²) < 4.78 is 28.3. The second kappa shape index (κ2) is 18.4. The van der Waals surface area contributed by atoms with Crippen molar-refractivity contribution in [3.63, 3.8) is 0 Å². The molecule has 0 aromatic heterocycles. The Morgan fingerprint density at radius 2 is 1.06 bits per heavy atom. The quantitative estimate of drug-likeness (QED) is 0.0879. The highest BCUT2D eigenvalue weighted by Gasteiger charge is 2.31. The molecule has 0 unspecified atom stereocenters. The average molecular weight is 579 g/mol.